The van der Waals surface area contributed by atoms with E-state index in [2.05, 4.69) is 10.0 Å². The van der Waals surface area contributed by atoms with Crippen molar-refractivity contribution in [3.63, 3.8) is 0 Å². The summed E-state index contributed by atoms with van der Waals surface area (Å²) in [5, 5.41) is 14.2. The average Bonchev–Trinajstić information content (AvgIpc) is 2.95. The maximum Gasteiger partial charge on any atom is 0.245 e. The Morgan fingerprint density at radius 3 is 2.46 bits per heavy atom. The molecule has 2 atom stereocenters. The first-order valence-electron chi connectivity index (χ1n) is 13.1. The molecule has 1 saturated heterocycles. The molecule has 1 unspecified atom stereocenters. The molecule has 1 aliphatic heterocycles. The molecule has 0 aromatic heterocycles. The summed E-state index contributed by atoms with van der Waals surface area (Å²) in [5.41, 5.74) is 4.66. The maximum atomic E-state index is 14.0. The standard InChI is InChI=1S/C30H33N5O3S/c1-30(27-14-6-12-23-10-4-5-13-26(23)27,28(36)33-19-21-8-7-17-35(20-21)29(31)32)34-39(37,38)25-16-15-22-9-2-3-11-24(22)18-25/h2-6,9-16,18,21,34H,7-8,17,19-20H2,1H3,(H3,31,32)(H,33,36)/t21?,30-/m1/s1. The van der Waals surface area contributed by atoms with Crippen LogP contribution in [0.3, 0.4) is 0 Å². The molecule has 1 fully saturated rings. The summed E-state index contributed by atoms with van der Waals surface area (Å²) >= 11 is 0. The van der Waals surface area contributed by atoms with Gasteiger partial charge in [0.1, 0.15) is 5.54 Å². The molecule has 5 N–H and O–H groups in total. The summed E-state index contributed by atoms with van der Waals surface area (Å²) in [4.78, 5) is 15.9. The third-order valence-corrected chi connectivity index (χ3v) is 9.11. The predicted octanol–water partition coefficient (Wildman–Crippen LogP) is 3.91. The summed E-state index contributed by atoms with van der Waals surface area (Å²) in [6.45, 7) is 3.26. The van der Waals surface area contributed by atoms with Crippen LogP contribution in [-0.2, 0) is 20.4 Å². The minimum atomic E-state index is -4.10. The van der Waals surface area contributed by atoms with Crippen LogP contribution in [0.5, 0.6) is 0 Å². The number of nitrogens with two attached hydrogens (primary N) is 1. The highest BCUT2D eigenvalue weighted by Crippen LogP contribution is 2.32. The molecule has 0 saturated carbocycles. The van der Waals surface area contributed by atoms with Crippen molar-refractivity contribution in [2.24, 2.45) is 11.7 Å². The van der Waals surface area contributed by atoms with E-state index in [1.165, 1.54) is 0 Å². The van der Waals surface area contributed by atoms with Crippen molar-refractivity contribution in [2.45, 2.75) is 30.2 Å². The van der Waals surface area contributed by atoms with E-state index in [-0.39, 0.29) is 16.8 Å². The third kappa shape index (κ3) is 5.46. The van der Waals surface area contributed by atoms with Gasteiger partial charge in [-0.25, -0.2) is 8.42 Å². The highest BCUT2D eigenvalue weighted by molar-refractivity contribution is 7.89. The van der Waals surface area contributed by atoms with Gasteiger partial charge >= 0.3 is 0 Å². The quantitative estimate of drug-likeness (QED) is 0.208. The van der Waals surface area contributed by atoms with Crippen LogP contribution in [0.15, 0.2) is 89.8 Å². The zero-order chi connectivity index (χ0) is 27.6. The van der Waals surface area contributed by atoms with Crippen molar-refractivity contribution < 1.29 is 13.2 Å². The van der Waals surface area contributed by atoms with Crippen molar-refractivity contribution in [1.29, 1.82) is 5.41 Å². The van der Waals surface area contributed by atoms with Gasteiger partial charge in [0, 0.05) is 19.6 Å². The second kappa shape index (κ2) is 10.7. The van der Waals surface area contributed by atoms with E-state index < -0.39 is 21.5 Å². The summed E-state index contributed by atoms with van der Waals surface area (Å²) in [7, 11) is -4.10. The second-order valence-electron chi connectivity index (χ2n) is 10.3. The lowest BCUT2D eigenvalue weighted by Crippen LogP contribution is -2.55. The van der Waals surface area contributed by atoms with E-state index in [9.17, 15) is 13.2 Å². The van der Waals surface area contributed by atoms with Crippen molar-refractivity contribution in [2.75, 3.05) is 19.6 Å². The number of guanidine groups is 1. The van der Waals surface area contributed by atoms with Crippen molar-refractivity contribution in [1.82, 2.24) is 14.9 Å². The van der Waals surface area contributed by atoms with Gasteiger partial charge in [-0.3, -0.25) is 10.2 Å². The van der Waals surface area contributed by atoms with Crippen LogP contribution in [-0.4, -0.2) is 44.8 Å². The molecule has 0 bridgehead atoms. The van der Waals surface area contributed by atoms with Crippen LogP contribution in [0.4, 0.5) is 0 Å². The van der Waals surface area contributed by atoms with Gasteiger partial charge in [0.2, 0.25) is 15.9 Å². The second-order valence-corrected chi connectivity index (χ2v) is 12.0. The fraction of sp³-hybridized carbons (Fsp3) is 0.267. The molecule has 9 heteroatoms. The smallest absolute Gasteiger partial charge is 0.245 e. The van der Waals surface area contributed by atoms with Gasteiger partial charge in [-0.2, -0.15) is 4.72 Å². The molecule has 0 spiro atoms. The SMILES string of the molecule is C[C@](NS(=O)(=O)c1ccc2ccccc2c1)(C(=O)NCC1CCCN(C(=N)N)C1)c1cccc2ccccc12. The summed E-state index contributed by atoms with van der Waals surface area (Å²) < 4.78 is 30.4. The average molecular weight is 544 g/mol. The van der Waals surface area contributed by atoms with Crippen LogP contribution in [0.2, 0.25) is 0 Å². The lowest BCUT2D eigenvalue weighted by atomic mass is 9.87. The monoisotopic (exact) mass is 543 g/mol. The number of rotatable bonds is 7. The molecule has 4 aromatic rings. The number of likely N-dealkylation sites (tertiary alicyclic amines) is 1. The minimum absolute atomic E-state index is 0.0229. The molecule has 4 aromatic carbocycles. The lowest BCUT2D eigenvalue weighted by molar-refractivity contribution is -0.126. The van der Waals surface area contributed by atoms with E-state index in [1.807, 2.05) is 60.7 Å². The number of fused-ring (bicyclic) bond motifs is 2. The van der Waals surface area contributed by atoms with Crippen LogP contribution < -0.4 is 15.8 Å². The van der Waals surface area contributed by atoms with E-state index in [0.717, 1.165) is 40.9 Å². The number of carbonyl (C=O) groups excluding carboxylic acids is 1. The Morgan fingerprint density at radius 1 is 1.00 bits per heavy atom. The number of hydrogen-bond acceptors (Lipinski definition) is 4. The molecule has 1 aliphatic rings. The number of hydrogen-bond donors (Lipinski definition) is 4. The van der Waals surface area contributed by atoms with E-state index in [0.29, 0.717) is 18.7 Å². The van der Waals surface area contributed by atoms with Crippen molar-refractivity contribution in [3.05, 3.63) is 90.5 Å². The number of benzene rings is 4. The lowest BCUT2D eigenvalue weighted by Gasteiger charge is -2.35. The first-order chi connectivity index (χ1) is 18.7. The Balaban J connectivity index is 1.50. The van der Waals surface area contributed by atoms with Crippen LogP contribution in [0.25, 0.3) is 21.5 Å². The predicted molar refractivity (Wildman–Crippen MR) is 155 cm³/mol. The zero-order valence-electron chi connectivity index (χ0n) is 21.9. The molecule has 0 radical (unpaired) electrons. The Hall–Kier alpha value is -3.95. The van der Waals surface area contributed by atoms with Crippen molar-refractivity contribution >= 4 is 43.4 Å². The van der Waals surface area contributed by atoms with Crippen molar-refractivity contribution in [3.8, 4) is 0 Å². The molecular formula is C30H33N5O3S. The Labute approximate surface area is 228 Å². The highest BCUT2D eigenvalue weighted by atomic mass is 32.2. The number of carbonyl (C=O) groups is 1. The van der Waals surface area contributed by atoms with Crippen LogP contribution in [0.1, 0.15) is 25.3 Å². The van der Waals surface area contributed by atoms with Gasteiger partial charge in [-0.05, 0) is 64.9 Å². The van der Waals surface area contributed by atoms with E-state index in [4.69, 9.17) is 11.1 Å². The molecule has 1 amide bonds. The Bertz CT molecular complexity index is 1650. The first kappa shape index (κ1) is 26.6. The fourth-order valence-corrected chi connectivity index (χ4v) is 6.80. The molecular weight excluding hydrogens is 510 g/mol. The van der Waals surface area contributed by atoms with Gasteiger partial charge in [-0.1, -0.05) is 72.8 Å². The molecule has 1 heterocycles. The number of nitrogens with zero attached hydrogens (tertiary/aromatic N) is 1. The highest BCUT2D eigenvalue weighted by Gasteiger charge is 2.41. The van der Waals surface area contributed by atoms with Gasteiger partial charge in [-0.15, -0.1) is 0 Å². The summed E-state index contributed by atoms with van der Waals surface area (Å²) in [5.74, 6) is -0.321. The van der Waals surface area contributed by atoms with E-state index in [1.54, 1.807) is 36.1 Å². The maximum absolute atomic E-state index is 14.0. The van der Waals surface area contributed by atoms with Gasteiger partial charge in [0.25, 0.3) is 0 Å². The van der Waals surface area contributed by atoms with Gasteiger partial charge in [0.05, 0.1) is 4.90 Å². The zero-order valence-corrected chi connectivity index (χ0v) is 22.7. The van der Waals surface area contributed by atoms with Crippen LogP contribution >= 0.6 is 0 Å². The normalized spacial score (nSPS) is 17.6. The Kier molecular flexibility index (Phi) is 7.29. The molecule has 202 valence electrons. The van der Waals surface area contributed by atoms with Gasteiger partial charge in [0.15, 0.2) is 5.96 Å². The number of piperidine rings is 1. The van der Waals surface area contributed by atoms with E-state index >= 15 is 0 Å². The molecule has 8 nitrogen and oxygen atoms in total. The summed E-state index contributed by atoms with van der Waals surface area (Å²) in [6.07, 6.45) is 1.76. The number of nitrogens with one attached hydrogen (secondary N) is 3. The minimum Gasteiger partial charge on any atom is -0.370 e. The topological polar surface area (TPSA) is 128 Å². The third-order valence-electron chi connectivity index (χ3n) is 7.56. The largest absolute Gasteiger partial charge is 0.370 e. The first-order valence-corrected chi connectivity index (χ1v) is 14.5. The number of amides is 1. The molecule has 39 heavy (non-hydrogen) atoms. The molecule has 5 rings (SSSR count). The Morgan fingerprint density at radius 2 is 1.69 bits per heavy atom. The fourth-order valence-electron chi connectivity index (χ4n) is 5.41. The number of sulfonamides is 1. The van der Waals surface area contributed by atoms with Gasteiger partial charge < -0.3 is 16.0 Å². The van der Waals surface area contributed by atoms with Crippen LogP contribution in [0, 0.1) is 11.3 Å². The summed E-state index contributed by atoms with van der Waals surface area (Å²) in [6, 6.07) is 25.7. The molecule has 0 aliphatic carbocycles.